The molecule has 0 saturated carbocycles. The van der Waals surface area contributed by atoms with Gasteiger partial charge in [0.2, 0.25) is 5.91 Å². The van der Waals surface area contributed by atoms with Crippen molar-refractivity contribution in [3.63, 3.8) is 0 Å². The average molecular weight is 328 g/mol. The number of nitrogens with zero attached hydrogens (tertiary/aromatic N) is 3. The van der Waals surface area contributed by atoms with Gasteiger partial charge in [0.15, 0.2) is 0 Å². The first-order valence-electron chi connectivity index (χ1n) is 8.05. The van der Waals surface area contributed by atoms with E-state index in [1.165, 1.54) is 10.7 Å². The highest BCUT2D eigenvalue weighted by atomic mass is 16.5. The topological polar surface area (TPSA) is 86.1 Å². The smallest absolute Gasteiger partial charge is 0.267 e. The van der Waals surface area contributed by atoms with E-state index in [0.29, 0.717) is 12.2 Å². The molecule has 0 aliphatic carbocycles. The van der Waals surface area contributed by atoms with E-state index >= 15 is 0 Å². The molecule has 3 rings (SSSR count). The minimum atomic E-state index is -0.699. The van der Waals surface area contributed by atoms with Gasteiger partial charge in [0, 0.05) is 37.2 Å². The van der Waals surface area contributed by atoms with Crippen molar-refractivity contribution in [2.75, 3.05) is 13.2 Å². The van der Waals surface area contributed by atoms with Crippen LogP contribution < -0.4 is 10.9 Å². The van der Waals surface area contributed by atoms with Crippen LogP contribution in [-0.2, 0) is 9.53 Å². The number of amides is 1. The lowest BCUT2D eigenvalue weighted by Gasteiger charge is -2.16. The van der Waals surface area contributed by atoms with Crippen molar-refractivity contribution in [1.29, 1.82) is 0 Å². The third kappa shape index (κ3) is 3.68. The summed E-state index contributed by atoms with van der Waals surface area (Å²) in [5.41, 5.74) is 1.07. The monoisotopic (exact) mass is 328 g/mol. The van der Waals surface area contributed by atoms with Crippen LogP contribution in [-0.4, -0.2) is 39.9 Å². The first kappa shape index (κ1) is 16.3. The van der Waals surface area contributed by atoms with Crippen LogP contribution in [0, 0.1) is 0 Å². The van der Waals surface area contributed by atoms with Gasteiger partial charge in [-0.15, -0.1) is 0 Å². The van der Waals surface area contributed by atoms with Gasteiger partial charge >= 0.3 is 0 Å². The fraction of sp³-hybridized carbons (Fsp3) is 0.412. The Hall–Kier alpha value is -2.54. The van der Waals surface area contributed by atoms with Crippen LogP contribution in [0.3, 0.4) is 0 Å². The Balaban J connectivity index is 1.74. The van der Waals surface area contributed by atoms with Crippen molar-refractivity contribution in [3.8, 4) is 11.3 Å². The summed E-state index contributed by atoms with van der Waals surface area (Å²) in [5, 5.41) is 7.15. The van der Waals surface area contributed by atoms with E-state index in [1.54, 1.807) is 31.5 Å². The van der Waals surface area contributed by atoms with Crippen LogP contribution in [0.1, 0.15) is 25.8 Å². The molecular weight excluding hydrogens is 308 g/mol. The van der Waals surface area contributed by atoms with Gasteiger partial charge in [-0.3, -0.25) is 14.6 Å². The van der Waals surface area contributed by atoms with Crippen molar-refractivity contribution in [3.05, 3.63) is 47.0 Å². The molecule has 1 saturated heterocycles. The Kier molecular flexibility index (Phi) is 5.00. The van der Waals surface area contributed by atoms with Crippen LogP contribution in [0.5, 0.6) is 0 Å². The molecule has 1 aliphatic heterocycles. The van der Waals surface area contributed by atoms with Crippen molar-refractivity contribution >= 4 is 5.91 Å². The van der Waals surface area contributed by atoms with Crippen molar-refractivity contribution < 1.29 is 9.53 Å². The Morgan fingerprint density at radius 3 is 3.04 bits per heavy atom. The first-order chi connectivity index (χ1) is 11.6. The predicted molar refractivity (Wildman–Crippen MR) is 88.4 cm³/mol. The number of ether oxygens (including phenoxy) is 1. The molecule has 2 unspecified atom stereocenters. The van der Waals surface area contributed by atoms with Gasteiger partial charge in [-0.1, -0.05) is 0 Å². The van der Waals surface area contributed by atoms with E-state index in [-0.39, 0.29) is 17.6 Å². The molecule has 2 aromatic heterocycles. The first-order valence-corrected chi connectivity index (χ1v) is 8.05. The molecule has 3 heterocycles. The second kappa shape index (κ2) is 7.35. The fourth-order valence-electron chi connectivity index (χ4n) is 2.65. The number of hydrogen-bond acceptors (Lipinski definition) is 5. The zero-order chi connectivity index (χ0) is 16.9. The number of carbonyl (C=O) groups excluding carboxylic acids is 1. The van der Waals surface area contributed by atoms with Gasteiger partial charge in [0.25, 0.3) is 5.56 Å². The van der Waals surface area contributed by atoms with Crippen LogP contribution in [0.25, 0.3) is 11.3 Å². The number of aromatic nitrogens is 3. The molecule has 1 aliphatic rings. The molecule has 126 valence electrons. The number of hydrogen-bond donors (Lipinski definition) is 1. The predicted octanol–water partition coefficient (Wildman–Crippen LogP) is 1.16. The minimum absolute atomic E-state index is 0.0626. The molecule has 2 atom stereocenters. The van der Waals surface area contributed by atoms with Crippen molar-refractivity contribution in [2.45, 2.75) is 31.9 Å². The molecule has 7 heteroatoms. The summed E-state index contributed by atoms with van der Waals surface area (Å²) in [6.45, 7) is 2.86. The van der Waals surface area contributed by atoms with Crippen molar-refractivity contribution in [1.82, 2.24) is 20.1 Å². The third-order valence-electron chi connectivity index (χ3n) is 4.06. The standard InChI is InChI=1S/C17H20N4O3/c1-12(17(23)19-11-14-5-3-9-24-14)21-16(22)7-6-15(20-21)13-4-2-8-18-10-13/h2,4,6-8,10,12,14H,3,5,9,11H2,1H3,(H,19,23). The number of rotatable bonds is 5. The van der Waals surface area contributed by atoms with E-state index in [2.05, 4.69) is 15.4 Å². The Bertz CT molecular complexity index is 754. The molecule has 0 radical (unpaired) electrons. The second-order valence-corrected chi connectivity index (χ2v) is 5.80. The molecular formula is C17H20N4O3. The molecule has 1 fully saturated rings. The molecule has 7 nitrogen and oxygen atoms in total. The molecule has 0 aromatic carbocycles. The zero-order valence-electron chi connectivity index (χ0n) is 13.5. The van der Waals surface area contributed by atoms with Crippen LogP contribution in [0.4, 0.5) is 0 Å². The lowest BCUT2D eigenvalue weighted by Crippen LogP contribution is -2.39. The lowest BCUT2D eigenvalue weighted by atomic mass is 10.2. The highest BCUT2D eigenvalue weighted by molar-refractivity contribution is 5.79. The summed E-state index contributed by atoms with van der Waals surface area (Å²) in [7, 11) is 0. The Morgan fingerprint density at radius 1 is 1.46 bits per heavy atom. The van der Waals surface area contributed by atoms with Crippen LogP contribution in [0.2, 0.25) is 0 Å². The van der Waals surface area contributed by atoms with Gasteiger partial charge in [-0.25, -0.2) is 4.68 Å². The lowest BCUT2D eigenvalue weighted by molar-refractivity contribution is -0.124. The second-order valence-electron chi connectivity index (χ2n) is 5.80. The molecule has 1 amide bonds. The summed E-state index contributed by atoms with van der Waals surface area (Å²) < 4.78 is 6.69. The van der Waals surface area contributed by atoms with E-state index in [4.69, 9.17) is 4.74 Å². The molecule has 2 aromatic rings. The summed E-state index contributed by atoms with van der Waals surface area (Å²) in [5.74, 6) is -0.247. The highest BCUT2D eigenvalue weighted by Gasteiger charge is 2.21. The number of pyridine rings is 1. The number of nitrogens with one attached hydrogen (secondary N) is 1. The normalized spacial score (nSPS) is 18.3. The van der Waals surface area contributed by atoms with Gasteiger partial charge in [0.05, 0.1) is 11.8 Å². The fourth-order valence-corrected chi connectivity index (χ4v) is 2.65. The maximum Gasteiger partial charge on any atom is 0.267 e. The summed E-state index contributed by atoms with van der Waals surface area (Å²) in [4.78, 5) is 28.5. The SMILES string of the molecule is CC(C(=O)NCC1CCCO1)n1nc(-c2cccnc2)ccc1=O. The van der Waals surface area contributed by atoms with E-state index < -0.39 is 6.04 Å². The maximum absolute atomic E-state index is 12.3. The average Bonchev–Trinajstić information content (AvgIpc) is 3.14. The Labute approximate surface area is 139 Å². The zero-order valence-corrected chi connectivity index (χ0v) is 13.5. The van der Waals surface area contributed by atoms with Crippen LogP contribution >= 0.6 is 0 Å². The van der Waals surface area contributed by atoms with Gasteiger partial charge in [-0.05, 0) is 38.0 Å². The quantitative estimate of drug-likeness (QED) is 0.890. The van der Waals surface area contributed by atoms with Crippen LogP contribution in [0.15, 0.2) is 41.5 Å². The molecule has 0 spiro atoms. The molecule has 24 heavy (non-hydrogen) atoms. The van der Waals surface area contributed by atoms with Crippen molar-refractivity contribution in [2.24, 2.45) is 0 Å². The summed E-state index contributed by atoms with van der Waals surface area (Å²) >= 11 is 0. The van der Waals surface area contributed by atoms with E-state index in [9.17, 15) is 9.59 Å². The molecule has 1 N–H and O–H groups in total. The Morgan fingerprint density at radius 2 is 2.33 bits per heavy atom. The minimum Gasteiger partial charge on any atom is -0.376 e. The van der Waals surface area contributed by atoms with Gasteiger partial charge in [-0.2, -0.15) is 5.10 Å². The highest BCUT2D eigenvalue weighted by Crippen LogP contribution is 2.14. The summed E-state index contributed by atoms with van der Waals surface area (Å²) in [6.07, 6.45) is 5.36. The van der Waals surface area contributed by atoms with E-state index in [1.807, 2.05) is 6.07 Å². The maximum atomic E-state index is 12.3. The largest absolute Gasteiger partial charge is 0.376 e. The third-order valence-corrected chi connectivity index (χ3v) is 4.06. The number of carbonyl (C=O) groups is 1. The van der Waals surface area contributed by atoms with E-state index in [0.717, 1.165) is 25.0 Å². The van der Waals surface area contributed by atoms with Gasteiger partial charge in [0.1, 0.15) is 6.04 Å². The molecule has 0 bridgehead atoms. The van der Waals surface area contributed by atoms with Gasteiger partial charge < -0.3 is 10.1 Å². The summed E-state index contributed by atoms with van der Waals surface area (Å²) in [6, 6.07) is 6.00.